The van der Waals surface area contributed by atoms with Gasteiger partial charge in [0.2, 0.25) is 0 Å². The van der Waals surface area contributed by atoms with Crippen molar-refractivity contribution in [2.45, 2.75) is 18.9 Å². The molecule has 0 aliphatic heterocycles. The van der Waals surface area contributed by atoms with Crippen LogP contribution in [-0.2, 0) is 6.54 Å². The molecule has 0 saturated heterocycles. The van der Waals surface area contributed by atoms with Crippen molar-refractivity contribution in [3.05, 3.63) is 47.0 Å². The predicted octanol–water partition coefficient (Wildman–Crippen LogP) is 2.68. The van der Waals surface area contributed by atoms with E-state index in [0.29, 0.717) is 18.4 Å². The van der Waals surface area contributed by atoms with Gasteiger partial charge in [0.15, 0.2) is 11.1 Å². The largest absolute Gasteiger partial charge is 0.356 e. The van der Waals surface area contributed by atoms with E-state index in [1.165, 1.54) is 12.0 Å². The Morgan fingerprint density at radius 3 is 2.75 bits per heavy atom. The molecule has 1 heterocycles. The molecule has 0 bridgehead atoms. The van der Waals surface area contributed by atoms with Crippen LogP contribution in [0, 0.1) is 5.92 Å². The Hall–Kier alpha value is -2.08. The fourth-order valence-electron chi connectivity index (χ4n) is 2.79. The Bertz CT molecular complexity index is 680. The molecule has 5 nitrogen and oxygen atoms in total. The van der Waals surface area contributed by atoms with E-state index in [0.717, 1.165) is 23.3 Å². The molecule has 1 saturated carbocycles. The van der Waals surface area contributed by atoms with E-state index in [1.807, 2.05) is 26.0 Å². The normalized spacial score (nSPS) is 19.9. The van der Waals surface area contributed by atoms with Crippen LogP contribution in [0.25, 0.3) is 0 Å². The molecule has 1 fully saturated rings. The summed E-state index contributed by atoms with van der Waals surface area (Å²) in [5.41, 5.74) is 2.49. The maximum absolute atomic E-state index is 4.57. The summed E-state index contributed by atoms with van der Waals surface area (Å²) in [6, 6.07) is 10.8. The van der Waals surface area contributed by atoms with Gasteiger partial charge in [0, 0.05) is 33.1 Å². The molecule has 2 N–H and O–H groups in total. The average Bonchev–Trinajstić information content (AvgIpc) is 3.22. The molecular weight excluding hydrogens is 318 g/mol. The fourth-order valence-corrected chi connectivity index (χ4v) is 3.55. The van der Waals surface area contributed by atoms with Crippen LogP contribution in [-0.4, -0.2) is 38.6 Å². The number of aromatic nitrogens is 1. The van der Waals surface area contributed by atoms with Crippen molar-refractivity contribution >= 4 is 22.4 Å². The number of hydrogen-bond acceptors (Lipinski definition) is 4. The Morgan fingerprint density at radius 2 is 2.08 bits per heavy atom. The van der Waals surface area contributed by atoms with Crippen molar-refractivity contribution in [1.82, 2.24) is 15.6 Å². The standard InChI is InChI=1S/C18H25N5S/c1-19-17(21-11-15-12-24-18(22-15)23(2)3)20-10-14-9-16(14)13-7-5-4-6-8-13/h4-8,12,14,16H,9-11H2,1-3H3,(H2,19,20,21). The molecule has 1 aromatic heterocycles. The van der Waals surface area contributed by atoms with Crippen molar-refractivity contribution < 1.29 is 0 Å². The second-order valence-electron chi connectivity index (χ2n) is 6.34. The smallest absolute Gasteiger partial charge is 0.191 e. The first-order valence-corrected chi connectivity index (χ1v) is 9.16. The summed E-state index contributed by atoms with van der Waals surface area (Å²) in [5.74, 6) is 2.23. The van der Waals surface area contributed by atoms with Crippen molar-refractivity contribution in [3.63, 3.8) is 0 Å². The molecule has 0 spiro atoms. The van der Waals surface area contributed by atoms with Crippen LogP contribution >= 0.6 is 11.3 Å². The number of rotatable bonds is 6. The Morgan fingerprint density at radius 1 is 1.29 bits per heavy atom. The summed E-state index contributed by atoms with van der Waals surface area (Å²) in [4.78, 5) is 10.9. The summed E-state index contributed by atoms with van der Waals surface area (Å²) in [7, 11) is 5.83. The van der Waals surface area contributed by atoms with Gasteiger partial charge in [-0.1, -0.05) is 30.3 Å². The molecule has 6 heteroatoms. The summed E-state index contributed by atoms with van der Waals surface area (Å²) in [6.45, 7) is 1.65. The summed E-state index contributed by atoms with van der Waals surface area (Å²) in [6.07, 6.45) is 1.26. The van der Waals surface area contributed by atoms with E-state index in [1.54, 1.807) is 11.3 Å². The van der Waals surface area contributed by atoms with E-state index in [9.17, 15) is 0 Å². The van der Waals surface area contributed by atoms with E-state index in [2.05, 4.69) is 56.3 Å². The fraction of sp³-hybridized carbons (Fsp3) is 0.444. The third-order valence-electron chi connectivity index (χ3n) is 4.26. The lowest BCUT2D eigenvalue weighted by atomic mass is 10.1. The molecule has 3 rings (SSSR count). The first-order valence-electron chi connectivity index (χ1n) is 8.28. The van der Waals surface area contributed by atoms with Crippen molar-refractivity contribution in [3.8, 4) is 0 Å². The highest BCUT2D eigenvalue weighted by Crippen LogP contribution is 2.46. The minimum atomic E-state index is 0.691. The van der Waals surface area contributed by atoms with E-state index in [-0.39, 0.29) is 0 Å². The second kappa shape index (κ2) is 7.66. The zero-order chi connectivity index (χ0) is 16.9. The lowest BCUT2D eigenvalue weighted by Gasteiger charge is -2.11. The van der Waals surface area contributed by atoms with Crippen LogP contribution in [0.1, 0.15) is 23.6 Å². The third kappa shape index (κ3) is 4.26. The van der Waals surface area contributed by atoms with Gasteiger partial charge < -0.3 is 15.5 Å². The number of guanidine groups is 1. The Labute approximate surface area is 147 Å². The highest BCUT2D eigenvalue weighted by molar-refractivity contribution is 7.13. The van der Waals surface area contributed by atoms with Gasteiger partial charge in [0.1, 0.15) is 0 Å². The number of nitrogens with zero attached hydrogens (tertiary/aromatic N) is 3. The molecule has 1 aromatic carbocycles. The van der Waals surface area contributed by atoms with Crippen LogP contribution in [0.2, 0.25) is 0 Å². The Balaban J connectivity index is 1.43. The molecule has 128 valence electrons. The average molecular weight is 344 g/mol. The van der Waals surface area contributed by atoms with Gasteiger partial charge in [-0.05, 0) is 23.8 Å². The van der Waals surface area contributed by atoms with Gasteiger partial charge in [-0.15, -0.1) is 11.3 Å². The molecule has 0 amide bonds. The number of aliphatic imine (C=N–C) groups is 1. The lowest BCUT2D eigenvalue weighted by Crippen LogP contribution is -2.38. The molecule has 2 atom stereocenters. The van der Waals surface area contributed by atoms with Crippen LogP contribution in [0.5, 0.6) is 0 Å². The second-order valence-corrected chi connectivity index (χ2v) is 7.17. The summed E-state index contributed by atoms with van der Waals surface area (Å²) in [5, 5.41) is 9.89. The van der Waals surface area contributed by atoms with Crippen molar-refractivity contribution in [2.75, 3.05) is 32.6 Å². The molecule has 1 aliphatic rings. The molecule has 0 radical (unpaired) electrons. The lowest BCUT2D eigenvalue weighted by molar-refractivity contribution is 0.717. The van der Waals surface area contributed by atoms with Crippen LogP contribution in [0.4, 0.5) is 5.13 Å². The molecule has 2 aromatic rings. The topological polar surface area (TPSA) is 52.6 Å². The minimum absolute atomic E-state index is 0.691. The molecule has 24 heavy (non-hydrogen) atoms. The van der Waals surface area contributed by atoms with E-state index in [4.69, 9.17) is 0 Å². The van der Waals surface area contributed by atoms with Crippen LogP contribution in [0.3, 0.4) is 0 Å². The molecular formula is C18H25N5S. The van der Waals surface area contributed by atoms with E-state index < -0.39 is 0 Å². The number of benzene rings is 1. The van der Waals surface area contributed by atoms with Crippen molar-refractivity contribution in [1.29, 1.82) is 0 Å². The van der Waals surface area contributed by atoms with Crippen LogP contribution in [0.15, 0.2) is 40.7 Å². The number of nitrogens with one attached hydrogen (secondary N) is 2. The summed E-state index contributed by atoms with van der Waals surface area (Å²) >= 11 is 1.66. The van der Waals surface area contributed by atoms with Crippen molar-refractivity contribution in [2.24, 2.45) is 10.9 Å². The van der Waals surface area contributed by atoms with Gasteiger partial charge in [0.05, 0.1) is 12.2 Å². The zero-order valence-corrected chi connectivity index (χ0v) is 15.3. The highest BCUT2D eigenvalue weighted by atomic mass is 32.1. The zero-order valence-electron chi connectivity index (χ0n) is 14.5. The first kappa shape index (κ1) is 16.8. The first-order chi connectivity index (χ1) is 11.7. The number of anilines is 1. The van der Waals surface area contributed by atoms with Gasteiger partial charge in [-0.3, -0.25) is 4.99 Å². The van der Waals surface area contributed by atoms with E-state index >= 15 is 0 Å². The molecule has 1 aliphatic carbocycles. The minimum Gasteiger partial charge on any atom is -0.356 e. The van der Waals surface area contributed by atoms with Gasteiger partial charge in [-0.2, -0.15) is 0 Å². The monoisotopic (exact) mass is 343 g/mol. The molecule has 2 unspecified atom stereocenters. The Kier molecular flexibility index (Phi) is 5.35. The van der Waals surface area contributed by atoms with Crippen LogP contribution < -0.4 is 15.5 Å². The number of hydrogen-bond donors (Lipinski definition) is 2. The third-order valence-corrected chi connectivity index (χ3v) is 5.32. The summed E-state index contributed by atoms with van der Waals surface area (Å²) < 4.78 is 0. The van der Waals surface area contributed by atoms with Gasteiger partial charge >= 0.3 is 0 Å². The maximum atomic E-state index is 4.57. The SMILES string of the molecule is CN=C(NCc1csc(N(C)C)n1)NCC1CC1c1ccccc1. The highest BCUT2D eigenvalue weighted by Gasteiger charge is 2.37. The van der Waals surface area contributed by atoms with Gasteiger partial charge in [0.25, 0.3) is 0 Å². The predicted molar refractivity (Wildman–Crippen MR) is 102 cm³/mol. The quantitative estimate of drug-likeness (QED) is 0.625. The van der Waals surface area contributed by atoms with Gasteiger partial charge in [-0.25, -0.2) is 4.98 Å². The number of thiazole rings is 1. The maximum Gasteiger partial charge on any atom is 0.191 e.